The van der Waals surface area contributed by atoms with Crippen LogP contribution in [0.2, 0.25) is 0 Å². The minimum absolute atomic E-state index is 0.356. The van der Waals surface area contributed by atoms with E-state index in [-0.39, 0.29) is 0 Å². The molecule has 0 atom stereocenters. The van der Waals surface area contributed by atoms with Crippen LogP contribution in [0.3, 0.4) is 0 Å². The summed E-state index contributed by atoms with van der Waals surface area (Å²) in [6, 6.07) is 13.1. The van der Waals surface area contributed by atoms with E-state index in [1.165, 1.54) is 7.11 Å². The van der Waals surface area contributed by atoms with E-state index in [4.69, 9.17) is 10.5 Å². The standard InChI is InChI=1S/C15H13N3O2/c1-20-14-6-5-10(9-12(14)15(16)19)13-4-2-3-11-7-8-17-18(11)13/h2-9H,1H3,(H2,16,19). The van der Waals surface area contributed by atoms with Crippen molar-refractivity contribution in [2.45, 2.75) is 0 Å². The van der Waals surface area contributed by atoms with Gasteiger partial charge in [0.15, 0.2) is 0 Å². The van der Waals surface area contributed by atoms with E-state index in [1.807, 2.05) is 34.8 Å². The molecule has 5 nitrogen and oxygen atoms in total. The number of carbonyl (C=O) groups excluding carboxylic acids is 1. The molecule has 0 saturated heterocycles. The molecule has 3 aromatic rings. The molecule has 2 aromatic heterocycles. The van der Waals surface area contributed by atoms with Gasteiger partial charge in [0.05, 0.1) is 30.1 Å². The third-order valence-corrected chi connectivity index (χ3v) is 3.18. The fraction of sp³-hybridized carbons (Fsp3) is 0.0667. The summed E-state index contributed by atoms with van der Waals surface area (Å²) in [6.07, 6.45) is 1.73. The van der Waals surface area contributed by atoms with E-state index >= 15 is 0 Å². The van der Waals surface area contributed by atoms with Gasteiger partial charge in [-0.3, -0.25) is 4.79 Å². The summed E-state index contributed by atoms with van der Waals surface area (Å²) < 4.78 is 6.96. The Balaban J connectivity index is 2.22. The van der Waals surface area contributed by atoms with Gasteiger partial charge in [-0.05, 0) is 36.4 Å². The monoisotopic (exact) mass is 267 g/mol. The number of primary amides is 1. The molecule has 3 rings (SSSR count). The molecule has 5 heteroatoms. The van der Waals surface area contributed by atoms with Crippen LogP contribution in [0, 0.1) is 0 Å². The number of hydrogen-bond donors (Lipinski definition) is 1. The number of fused-ring (bicyclic) bond motifs is 1. The predicted molar refractivity (Wildman–Crippen MR) is 75.7 cm³/mol. The van der Waals surface area contributed by atoms with Gasteiger partial charge in [-0.25, -0.2) is 4.52 Å². The van der Waals surface area contributed by atoms with Gasteiger partial charge in [0.1, 0.15) is 5.75 Å². The molecule has 0 bridgehead atoms. The molecule has 0 aliphatic carbocycles. The van der Waals surface area contributed by atoms with Gasteiger partial charge < -0.3 is 10.5 Å². The molecule has 2 N–H and O–H groups in total. The van der Waals surface area contributed by atoms with Gasteiger partial charge in [0.25, 0.3) is 5.91 Å². The lowest BCUT2D eigenvalue weighted by Crippen LogP contribution is -2.12. The first kappa shape index (κ1) is 12.2. The molecular weight excluding hydrogens is 254 g/mol. The summed E-state index contributed by atoms with van der Waals surface area (Å²) in [4.78, 5) is 11.5. The quantitative estimate of drug-likeness (QED) is 0.790. The van der Waals surface area contributed by atoms with Crippen LogP contribution in [0.15, 0.2) is 48.7 Å². The molecule has 0 fully saturated rings. The van der Waals surface area contributed by atoms with Crippen LogP contribution in [0.1, 0.15) is 10.4 Å². The van der Waals surface area contributed by atoms with Crippen molar-refractivity contribution in [3.63, 3.8) is 0 Å². The van der Waals surface area contributed by atoms with Crippen molar-refractivity contribution in [1.29, 1.82) is 0 Å². The molecule has 20 heavy (non-hydrogen) atoms. The summed E-state index contributed by atoms with van der Waals surface area (Å²) in [5.74, 6) is -0.0507. The van der Waals surface area contributed by atoms with E-state index in [1.54, 1.807) is 18.3 Å². The molecule has 2 heterocycles. The average molecular weight is 267 g/mol. The number of hydrogen-bond acceptors (Lipinski definition) is 3. The Morgan fingerprint density at radius 1 is 1.25 bits per heavy atom. The van der Waals surface area contributed by atoms with Crippen LogP contribution in [0.4, 0.5) is 0 Å². The molecule has 0 saturated carbocycles. The summed E-state index contributed by atoms with van der Waals surface area (Å²) in [5, 5.41) is 4.28. The first-order valence-electron chi connectivity index (χ1n) is 6.11. The lowest BCUT2D eigenvalue weighted by atomic mass is 10.1. The summed E-state index contributed by atoms with van der Waals surface area (Å²) in [6.45, 7) is 0. The van der Waals surface area contributed by atoms with Crippen molar-refractivity contribution in [3.05, 3.63) is 54.2 Å². The average Bonchev–Trinajstić information content (AvgIpc) is 2.94. The molecule has 0 aliphatic rings. The molecular formula is C15H13N3O2. The number of nitrogens with two attached hydrogens (primary N) is 1. The van der Waals surface area contributed by atoms with Gasteiger partial charge in [0, 0.05) is 5.56 Å². The highest BCUT2D eigenvalue weighted by Crippen LogP contribution is 2.26. The predicted octanol–water partition coefficient (Wildman–Crippen LogP) is 2.11. The largest absolute Gasteiger partial charge is 0.496 e. The Labute approximate surface area is 115 Å². The van der Waals surface area contributed by atoms with Crippen molar-refractivity contribution in [1.82, 2.24) is 9.61 Å². The van der Waals surface area contributed by atoms with Crippen LogP contribution in [0.5, 0.6) is 5.75 Å². The molecule has 1 aromatic carbocycles. The van der Waals surface area contributed by atoms with Gasteiger partial charge in [-0.1, -0.05) is 6.07 Å². The zero-order valence-corrected chi connectivity index (χ0v) is 10.9. The Hall–Kier alpha value is -2.82. The number of methoxy groups -OCH3 is 1. The van der Waals surface area contributed by atoms with E-state index in [2.05, 4.69) is 5.10 Å². The number of aromatic nitrogens is 2. The van der Waals surface area contributed by atoms with E-state index in [0.717, 1.165) is 16.8 Å². The fourth-order valence-electron chi connectivity index (χ4n) is 2.23. The van der Waals surface area contributed by atoms with Gasteiger partial charge in [0.2, 0.25) is 0 Å². The number of rotatable bonds is 3. The maximum absolute atomic E-state index is 11.5. The number of nitrogens with zero attached hydrogens (tertiary/aromatic N) is 2. The summed E-state index contributed by atoms with van der Waals surface area (Å²) in [5.41, 5.74) is 8.47. The van der Waals surface area contributed by atoms with Crippen LogP contribution >= 0.6 is 0 Å². The van der Waals surface area contributed by atoms with Gasteiger partial charge >= 0.3 is 0 Å². The lowest BCUT2D eigenvalue weighted by molar-refractivity contribution is 0.0997. The van der Waals surface area contributed by atoms with E-state index in [9.17, 15) is 4.79 Å². The number of pyridine rings is 1. The van der Waals surface area contributed by atoms with Gasteiger partial charge in [-0.15, -0.1) is 0 Å². The van der Waals surface area contributed by atoms with Gasteiger partial charge in [-0.2, -0.15) is 5.10 Å². The van der Waals surface area contributed by atoms with E-state index in [0.29, 0.717) is 11.3 Å². The number of ether oxygens (including phenoxy) is 1. The molecule has 100 valence electrons. The van der Waals surface area contributed by atoms with Crippen molar-refractivity contribution in [3.8, 4) is 17.0 Å². The maximum atomic E-state index is 11.5. The Morgan fingerprint density at radius 2 is 2.10 bits per heavy atom. The fourth-order valence-corrected chi connectivity index (χ4v) is 2.23. The second kappa shape index (κ2) is 4.70. The second-order valence-corrected chi connectivity index (χ2v) is 4.36. The van der Waals surface area contributed by atoms with Crippen molar-refractivity contribution in [2.75, 3.05) is 7.11 Å². The smallest absolute Gasteiger partial charge is 0.252 e. The highest BCUT2D eigenvalue weighted by Gasteiger charge is 2.12. The number of benzene rings is 1. The lowest BCUT2D eigenvalue weighted by Gasteiger charge is -2.09. The van der Waals surface area contributed by atoms with Crippen LogP contribution in [-0.2, 0) is 0 Å². The minimum atomic E-state index is -0.517. The van der Waals surface area contributed by atoms with E-state index < -0.39 is 5.91 Å². The molecule has 0 aliphatic heterocycles. The Bertz CT molecular complexity index is 793. The minimum Gasteiger partial charge on any atom is -0.496 e. The molecule has 0 radical (unpaired) electrons. The number of amides is 1. The third kappa shape index (κ3) is 1.89. The van der Waals surface area contributed by atoms with Crippen LogP contribution in [-0.4, -0.2) is 22.6 Å². The molecule has 0 unspecified atom stereocenters. The zero-order valence-electron chi connectivity index (χ0n) is 10.9. The highest BCUT2D eigenvalue weighted by molar-refractivity contribution is 5.97. The third-order valence-electron chi connectivity index (χ3n) is 3.18. The van der Waals surface area contributed by atoms with Crippen LogP contribution in [0.25, 0.3) is 16.8 Å². The Kier molecular flexibility index (Phi) is 2.87. The van der Waals surface area contributed by atoms with Crippen molar-refractivity contribution >= 4 is 11.4 Å². The SMILES string of the molecule is COc1ccc(-c2cccc3ccnn23)cc1C(N)=O. The van der Waals surface area contributed by atoms with Crippen molar-refractivity contribution < 1.29 is 9.53 Å². The molecule has 1 amide bonds. The zero-order chi connectivity index (χ0) is 14.1. The summed E-state index contributed by atoms with van der Waals surface area (Å²) in [7, 11) is 1.51. The maximum Gasteiger partial charge on any atom is 0.252 e. The first-order valence-corrected chi connectivity index (χ1v) is 6.11. The normalized spacial score (nSPS) is 10.7. The van der Waals surface area contributed by atoms with Crippen LogP contribution < -0.4 is 10.5 Å². The first-order chi connectivity index (χ1) is 9.70. The second-order valence-electron chi connectivity index (χ2n) is 4.36. The summed E-state index contributed by atoms with van der Waals surface area (Å²) >= 11 is 0. The topological polar surface area (TPSA) is 69.6 Å². The number of carbonyl (C=O) groups is 1. The molecule has 0 spiro atoms. The van der Waals surface area contributed by atoms with Crippen molar-refractivity contribution in [2.24, 2.45) is 5.73 Å². The Morgan fingerprint density at radius 3 is 2.85 bits per heavy atom. The highest BCUT2D eigenvalue weighted by atomic mass is 16.5.